The zero-order valence-electron chi connectivity index (χ0n) is 16.1. The van der Waals surface area contributed by atoms with Crippen LogP contribution in [0, 0.1) is 6.92 Å². The van der Waals surface area contributed by atoms with Crippen LogP contribution in [-0.4, -0.2) is 20.0 Å². The van der Waals surface area contributed by atoms with Gasteiger partial charge in [0.25, 0.3) is 15.9 Å². The van der Waals surface area contributed by atoms with E-state index in [1.165, 1.54) is 12.1 Å². The number of hydrogen-bond acceptors (Lipinski definition) is 4. The Bertz CT molecular complexity index is 1120. The van der Waals surface area contributed by atoms with E-state index in [2.05, 4.69) is 15.2 Å². The molecule has 1 amide bonds. The number of carbonyl (C=O) groups excluding carboxylic acids is 1. The number of amides is 1. The molecule has 0 aliphatic heterocycles. The average Bonchev–Trinajstić information content (AvgIpc) is 2.73. The standard InChI is InChI=1S/C22H21N3O3S/c1-16-8-14-21(15-9-16)29(27,28)25-24-17(2)18-10-12-20(13-11-18)23-22(26)19-6-4-3-5-7-19/h3-15,25H,1-2H3,(H,23,26)/b24-17+. The van der Waals surface area contributed by atoms with Gasteiger partial charge in [0.05, 0.1) is 10.6 Å². The number of benzene rings is 3. The fourth-order valence-electron chi connectivity index (χ4n) is 2.55. The van der Waals surface area contributed by atoms with E-state index < -0.39 is 10.0 Å². The minimum atomic E-state index is -3.73. The van der Waals surface area contributed by atoms with Crippen LogP contribution in [0.1, 0.15) is 28.4 Å². The summed E-state index contributed by atoms with van der Waals surface area (Å²) < 4.78 is 24.6. The molecule has 148 valence electrons. The van der Waals surface area contributed by atoms with E-state index in [4.69, 9.17) is 0 Å². The van der Waals surface area contributed by atoms with Gasteiger partial charge in [-0.15, -0.1) is 0 Å². The van der Waals surface area contributed by atoms with Crippen LogP contribution < -0.4 is 10.1 Å². The molecule has 0 aliphatic carbocycles. The van der Waals surface area contributed by atoms with Crippen LogP contribution in [0.2, 0.25) is 0 Å². The second kappa shape index (κ2) is 8.70. The Morgan fingerprint density at radius 2 is 1.45 bits per heavy atom. The smallest absolute Gasteiger partial charge is 0.276 e. The van der Waals surface area contributed by atoms with Crippen LogP contribution in [0.15, 0.2) is 88.9 Å². The summed E-state index contributed by atoms with van der Waals surface area (Å²) in [5.41, 5.74) is 3.41. The number of rotatable bonds is 6. The quantitative estimate of drug-likeness (QED) is 0.479. The van der Waals surface area contributed by atoms with Crippen molar-refractivity contribution in [1.82, 2.24) is 4.83 Å². The maximum atomic E-state index is 12.3. The van der Waals surface area contributed by atoms with Crippen LogP contribution in [0.3, 0.4) is 0 Å². The summed E-state index contributed by atoms with van der Waals surface area (Å²) >= 11 is 0. The van der Waals surface area contributed by atoms with Crippen LogP contribution in [0.25, 0.3) is 0 Å². The minimum absolute atomic E-state index is 0.152. The van der Waals surface area contributed by atoms with Crippen LogP contribution in [0.5, 0.6) is 0 Å². The largest absolute Gasteiger partial charge is 0.322 e. The van der Waals surface area contributed by atoms with Gasteiger partial charge in [0, 0.05) is 11.3 Å². The molecular formula is C22H21N3O3S. The van der Waals surface area contributed by atoms with Crippen LogP contribution in [0.4, 0.5) is 5.69 Å². The molecular weight excluding hydrogens is 386 g/mol. The molecule has 0 unspecified atom stereocenters. The average molecular weight is 407 g/mol. The molecule has 6 nitrogen and oxygen atoms in total. The van der Waals surface area contributed by atoms with Crippen LogP contribution in [-0.2, 0) is 10.0 Å². The molecule has 0 atom stereocenters. The fraction of sp³-hybridized carbons (Fsp3) is 0.0909. The predicted octanol–water partition coefficient (Wildman–Crippen LogP) is 3.95. The highest BCUT2D eigenvalue weighted by atomic mass is 32.2. The van der Waals surface area contributed by atoms with Crippen molar-refractivity contribution in [3.63, 3.8) is 0 Å². The van der Waals surface area contributed by atoms with E-state index in [1.54, 1.807) is 67.6 Å². The number of aryl methyl sites for hydroxylation is 1. The number of nitrogens with one attached hydrogen (secondary N) is 2. The van der Waals surface area contributed by atoms with E-state index in [1.807, 2.05) is 13.0 Å². The molecule has 2 N–H and O–H groups in total. The molecule has 0 heterocycles. The highest BCUT2D eigenvalue weighted by Gasteiger charge is 2.12. The lowest BCUT2D eigenvalue weighted by molar-refractivity contribution is 0.102. The first-order valence-corrected chi connectivity index (χ1v) is 10.4. The Labute approximate surface area is 170 Å². The molecule has 3 rings (SSSR count). The summed E-state index contributed by atoms with van der Waals surface area (Å²) in [7, 11) is -3.73. The maximum absolute atomic E-state index is 12.3. The topological polar surface area (TPSA) is 87.6 Å². The number of hydrogen-bond donors (Lipinski definition) is 2. The number of anilines is 1. The molecule has 0 fully saturated rings. The summed E-state index contributed by atoms with van der Waals surface area (Å²) in [4.78, 5) is 14.6. The second-order valence-electron chi connectivity index (χ2n) is 6.50. The van der Waals surface area contributed by atoms with E-state index in [-0.39, 0.29) is 10.8 Å². The molecule has 7 heteroatoms. The van der Waals surface area contributed by atoms with Crippen molar-refractivity contribution in [2.45, 2.75) is 18.7 Å². The Hall–Kier alpha value is -3.45. The van der Waals surface area contributed by atoms with Gasteiger partial charge < -0.3 is 5.32 Å². The molecule has 0 bridgehead atoms. The lowest BCUT2D eigenvalue weighted by Crippen LogP contribution is -2.20. The van der Waals surface area contributed by atoms with Crippen molar-refractivity contribution in [2.75, 3.05) is 5.32 Å². The van der Waals surface area contributed by atoms with Crippen LogP contribution >= 0.6 is 0 Å². The Kier molecular flexibility index (Phi) is 6.09. The Morgan fingerprint density at radius 1 is 0.828 bits per heavy atom. The maximum Gasteiger partial charge on any atom is 0.276 e. The molecule has 0 aliphatic rings. The lowest BCUT2D eigenvalue weighted by atomic mass is 10.1. The molecule has 0 saturated carbocycles. The van der Waals surface area contributed by atoms with Gasteiger partial charge >= 0.3 is 0 Å². The summed E-state index contributed by atoms with van der Waals surface area (Å²) in [5, 5.41) is 6.81. The third kappa shape index (κ3) is 5.30. The van der Waals surface area contributed by atoms with Crippen molar-refractivity contribution >= 4 is 27.3 Å². The van der Waals surface area contributed by atoms with Gasteiger partial charge in [0.15, 0.2) is 0 Å². The van der Waals surface area contributed by atoms with E-state index in [0.29, 0.717) is 17.0 Å². The SMILES string of the molecule is C/C(=N\NS(=O)(=O)c1ccc(C)cc1)c1ccc(NC(=O)c2ccccc2)cc1. The third-order valence-electron chi connectivity index (χ3n) is 4.26. The van der Waals surface area contributed by atoms with Gasteiger partial charge in [-0.25, -0.2) is 0 Å². The molecule has 0 spiro atoms. The van der Waals surface area contributed by atoms with Crippen molar-refractivity contribution in [3.05, 3.63) is 95.6 Å². The molecule has 3 aromatic carbocycles. The molecule has 29 heavy (non-hydrogen) atoms. The number of nitrogens with zero attached hydrogens (tertiary/aromatic N) is 1. The zero-order valence-corrected chi connectivity index (χ0v) is 16.9. The predicted molar refractivity (Wildman–Crippen MR) is 115 cm³/mol. The normalized spacial score (nSPS) is 11.7. The van der Waals surface area contributed by atoms with Gasteiger partial charge in [-0.05, 0) is 55.8 Å². The van der Waals surface area contributed by atoms with E-state index in [9.17, 15) is 13.2 Å². The van der Waals surface area contributed by atoms with Gasteiger partial charge in [-0.3, -0.25) is 4.79 Å². The van der Waals surface area contributed by atoms with Crippen molar-refractivity contribution in [1.29, 1.82) is 0 Å². The van der Waals surface area contributed by atoms with Gasteiger partial charge in [0.1, 0.15) is 0 Å². The van der Waals surface area contributed by atoms with Crippen molar-refractivity contribution in [3.8, 4) is 0 Å². The third-order valence-corrected chi connectivity index (χ3v) is 5.49. The van der Waals surface area contributed by atoms with E-state index >= 15 is 0 Å². The van der Waals surface area contributed by atoms with Gasteiger partial charge in [-0.1, -0.05) is 48.0 Å². The Morgan fingerprint density at radius 3 is 2.07 bits per heavy atom. The summed E-state index contributed by atoms with van der Waals surface area (Å²) in [6, 6.07) is 22.5. The minimum Gasteiger partial charge on any atom is -0.322 e. The second-order valence-corrected chi connectivity index (χ2v) is 8.16. The number of hydrazone groups is 1. The van der Waals surface area contributed by atoms with Crippen molar-refractivity contribution in [2.24, 2.45) is 5.10 Å². The van der Waals surface area contributed by atoms with Crippen molar-refractivity contribution < 1.29 is 13.2 Å². The monoisotopic (exact) mass is 407 g/mol. The lowest BCUT2D eigenvalue weighted by Gasteiger charge is -2.08. The first-order chi connectivity index (χ1) is 13.8. The van der Waals surface area contributed by atoms with Gasteiger partial charge in [0.2, 0.25) is 0 Å². The first kappa shape index (κ1) is 20.3. The highest BCUT2D eigenvalue weighted by molar-refractivity contribution is 7.89. The molecule has 0 aromatic heterocycles. The molecule has 3 aromatic rings. The molecule has 0 saturated heterocycles. The van der Waals surface area contributed by atoms with Gasteiger partial charge in [-0.2, -0.15) is 18.4 Å². The number of sulfonamides is 1. The molecule has 0 radical (unpaired) electrons. The zero-order chi connectivity index (χ0) is 20.9. The highest BCUT2D eigenvalue weighted by Crippen LogP contribution is 2.13. The summed E-state index contributed by atoms with van der Waals surface area (Å²) in [6.07, 6.45) is 0. The summed E-state index contributed by atoms with van der Waals surface area (Å²) in [5.74, 6) is -0.199. The summed E-state index contributed by atoms with van der Waals surface area (Å²) in [6.45, 7) is 3.59. The fourth-order valence-corrected chi connectivity index (χ4v) is 3.41. The van der Waals surface area contributed by atoms with E-state index in [0.717, 1.165) is 11.1 Å². The Balaban J connectivity index is 1.67. The number of carbonyl (C=O) groups is 1. The first-order valence-electron chi connectivity index (χ1n) is 8.95.